The first kappa shape index (κ1) is 16.4. The van der Waals surface area contributed by atoms with Crippen molar-refractivity contribution in [1.82, 2.24) is 15.1 Å². The maximum Gasteiger partial charge on any atom is 0.273 e. The lowest BCUT2D eigenvalue weighted by Crippen LogP contribution is -2.31. The molecule has 0 saturated heterocycles. The van der Waals surface area contributed by atoms with Gasteiger partial charge in [-0.3, -0.25) is 9.89 Å². The molecule has 2 heterocycles. The smallest absolute Gasteiger partial charge is 0.273 e. The highest BCUT2D eigenvalue weighted by Crippen LogP contribution is 2.44. The molecule has 3 aromatic rings. The highest BCUT2D eigenvalue weighted by molar-refractivity contribution is 6.00. The lowest BCUT2D eigenvalue weighted by molar-refractivity contribution is 0.0732. The molecule has 0 radical (unpaired) electrons. The molecule has 6 nitrogen and oxygen atoms in total. The Morgan fingerprint density at radius 1 is 1.08 bits per heavy atom. The van der Waals surface area contributed by atoms with E-state index in [1.165, 1.54) is 0 Å². The molecule has 1 aliphatic rings. The van der Waals surface area contributed by atoms with E-state index in [4.69, 9.17) is 0 Å². The van der Waals surface area contributed by atoms with Crippen molar-refractivity contribution >= 4 is 5.91 Å². The van der Waals surface area contributed by atoms with Crippen LogP contribution in [-0.4, -0.2) is 44.4 Å². The van der Waals surface area contributed by atoms with Crippen LogP contribution in [0.3, 0.4) is 0 Å². The zero-order valence-electron chi connectivity index (χ0n) is 14.1. The van der Waals surface area contributed by atoms with E-state index < -0.39 is 0 Å². The summed E-state index contributed by atoms with van der Waals surface area (Å²) in [7, 11) is 0. The minimum absolute atomic E-state index is 0.0177. The van der Waals surface area contributed by atoms with E-state index in [1.807, 2.05) is 36.4 Å². The number of phenols is 1. The number of benzene rings is 2. The number of nitrogens with zero attached hydrogens (tertiary/aromatic N) is 2. The average molecular weight is 349 g/mol. The van der Waals surface area contributed by atoms with Crippen LogP contribution in [-0.2, 0) is 0 Å². The van der Waals surface area contributed by atoms with Gasteiger partial charge in [-0.2, -0.15) is 5.10 Å². The standard InChI is InChI=1S/C20H19N3O3/c24-12-6-11-23-19(13-7-2-1-3-8-13)16-17(21-22-18(16)20(23)26)14-9-4-5-10-15(14)25/h1-5,7-10,19,24-25H,6,11-12H2,(H,21,22). The number of aromatic nitrogens is 2. The number of nitrogens with one attached hydrogen (secondary N) is 1. The molecule has 0 fully saturated rings. The first-order valence-corrected chi connectivity index (χ1v) is 8.55. The average Bonchev–Trinajstić information content (AvgIpc) is 3.20. The predicted molar refractivity (Wildman–Crippen MR) is 96.7 cm³/mol. The number of carbonyl (C=O) groups is 1. The van der Waals surface area contributed by atoms with Crippen LogP contribution >= 0.6 is 0 Å². The fourth-order valence-electron chi connectivity index (χ4n) is 3.53. The minimum Gasteiger partial charge on any atom is -0.507 e. The van der Waals surface area contributed by atoms with E-state index in [0.717, 1.165) is 11.1 Å². The van der Waals surface area contributed by atoms with Crippen molar-refractivity contribution in [2.75, 3.05) is 13.2 Å². The Balaban J connectivity index is 1.88. The summed E-state index contributed by atoms with van der Waals surface area (Å²) < 4.78 is 0. The summed E-state index contributed by atoms with van der Waals surface area (Å²) in [4.78, 5) is 14.7. The van der Waals surface area contributed by atoms with Crippen molar-refractivity contribution in [2.24, 2.45) is 0 Å². The van der Waals surface area contributed by atoms with Crippen LogP contribution in [0.15, 0.2) is 54.6 Å². The number of aromatic amines is 1. The number of para-hydroxylation sites is 1. The van der Waals surface area contributed by atoms with Crippen LogP contribution in [0.25, 0.3) is 11.3 Å². The normalized spacial score (nSPS) is 16.1. The quantitative estimate of drug-likeness (QED) is 0.661. The number of aromatic hydroxyl groups is 1. The first-order valence-electron chi connectivity index (χ1n) is 8.55. The summed E-state index contributed by atoms with van der Waals surface area (Å²) in [5.74, 6) is -0.0219. The molecule has 6 heteroatoms. The van der Waals surface area contributed by atoms with E-state index in [-0.39, 0.29) is 24.3 Å². The van der Waals surface area contributed by atoms with Crippen LogP contribution in [0.4, 0.5) is 0 Å². The van der Waals surface area contributed by atoms with Crippen molar-refractivity contribution in [3.8, 4) is 17.0 Å². The number of hydrogen-bond donors (Lipinski definition) is 3. The summed E-state index contributed by atoms with van der Waals surface area (Å²) in [5, 5.41) is 26.7. The largest absolute Gasteiger partial charge is 0.507 e. The van der Waals surface area contributed by atoms with E-state index in [2.05, 4.69) is 10.2 Å². The van der Waals surface area contributed by atoms with Crippen molar-refractivity contribution in [2.45, 2.75) is 12.5 Å². The maximum atomic E-state index is 12.9. The summed E-state index contributed by atoms with van der Waals surface area (Å²) in [6.45, 7) is 0.460. The SMILES string of the molecule is O=C1c2[nH]nc(-c3ccccc3O)c2C(c2ccccc2)N1CCCO. The summed E-state index contributed by atoms with van der Waals surface area (Å²) in [6.07, 6.45) is 0.499. The molecule has 0 spiro atoms. The van der Waals surface area contributed by atoms with Gasteiger partial charge in [-0.05, 0) is 24.1 Å². The Bertz CT molecular complexity index is 936. The highest BCUT2D eigenvalue weighted by Gasteiger charge is 2.42. The van der Waals surface area contributed by atoms with E-state index in [9.17, 15) is 15.0 Å². The van der Waals surface area contributed by atoms with Gasteiger partial charge in [0.25, 0.3) is 5.91 Å². The monoisotopic (exact) mass is 349 g/mol. The van der Waals surface area contributed by atoms with Gasteiger partial charge in [0, 0.05) is 24.3 Å². The molecule has 26 heavy (non-hydrogen) atoms. The predicted octanol–water partition coefficient (Wildman–Crippen LogP) is 2.71. The number of rotatable bonds is 5. The van der Waals surface area contributed by atoms with Gasteiger partial charge in [-0.1, -0.05) is 42.5 Å². The van der Waals surface area contributed by atoms with Gasteiger partial charge < -0.3 is 15.1 Å². The molecule has 4 rings (SSSR count). The third-order valence-corrected chi connectivity index (χ3v) is 4.70. The van der Waals surface area contributed by atoms with E-state index in [0.29, 0.717) is 29.9 Å². The molecule has 132 valence electrons. The van der Waals surface area contributed by atoms with Crippen LogP contribution in [0.1, 0.15) is 34.1 Å². The second-order valence-corrected chi connectivity index (χ2v) is 6.27. The summed E-state index contributed by atoms with van der Waals surface area (Å²) in [6, 6.07) is 16.4. The number of H-pyrrole nitrogens is 1. The van der Waals surface area contributed by atoms with Gasteiger partial charge >= 0.3 is 0 Å². The van der Waals surface area contributed by atoms with Gasteiger partial charge in [0.1, 0.15) is 17.1 Å². The molecule has 0 saturated carbocycles. The zero-order chi connectivity index (χ0) is 18.1. The molecule has 1 aliphatic heterocycles. The number of phenolic OH excluding ortho intramolecular Hbond substituents is 1. The van der Waals surface area contributed by atoms with Crippen molar-refractivity contribution in [1.29, 1.82) is 0 Å². The van der Waals surface area contributed by atoms with Gasteiger partial charge in [-0.25, -0.2) is 0 Å². The van der Waals surface area contributed by atoms with Gasteiger partial charge in [0.05, 0.1) is 6.04 Å². The zero-order valence-corrected chi connectivity index (χ0v) is 14.1. The lowest BCUT2D eigenvalue weighted by Gasteiger charge is -2.26. The second kappa shape index (κ2) is 6.65. The van der Waals surface area contributed by atoms with Crippen molar-refractivity contribution < 1.29 is 15.0 Å². The molecule has 1 aromatic heterocycles. The molecule has 3 N–H and O–H groups in total. The first-order chi connectivity index (χ1) is 12.7. The summed E-state index contributed by atoms with van der Waals surface area (Å²) in [5.41, 5.74) is 3.33. The molecule has 2 aromatic carbocycles. The molecule has 0 bridgehead atoms. The summed E-state index contributed by atoms with van der Waals surface area (Å²) >= 11 is 0. The Morgan fingerprint density at radius 3 is 2.54 bits per heavy atom. The van der Waals surface area contributed by atoms with Gasteiger partial charge in [0.15, 0.2) is 0 Å². The van der Waals surface area contributed by atoms with E-state index in [1.54, 1.807) is 23.1 Å². The molecular weight excluding hydrogens is 330 g/mol. The third-order valence-electron chi connectivity index (χ3n) is 4.70. The maximum absolute atomic E-state index is 12.9. The van der Waals surface area contributed by atoms with Crippen molar-refractivity contribution in [3.63, 3.8) is 0 Å². The lowest BCUT2D eigenvalue weighted by atomic mass is 9.96. The van der Waals surface area contributed by atoms with Gasteiger partial charge in [-0.15, -0.1) is 0 Å². The number of amides is 1. The fraction of sp³-hybridized carbons (Fsp3) is 0.200. The fourth-order valence-corrected chi connectivity index (χ4v) is 3.53. The molecule has 0 aliphatic carbocycles. The Kier molecular flexibility index (Phi) is 4.18. The molecular formula is C20H19N3O3. The molecule has 1 unspecified atom stereocenters. The Labute approximate surface area is 150 Å². The Hall–Kier alpha value is -3.12. The Morgan fingerprint density at radius 2 is 1.81 bits per heavy atom. The molecule has 1 atom stereocenters. The number of aliphatic hydroxyl groups is 1. The van der Waals surface area contributed by atoms with Crippen LogP contribution in [0, 0.1) is 0 Å². The number of carbonyl (C=O) groups excluding carboxylic acids is 1. The number of aliphatic hydroxyl groups excluding tert-OH is 1. The number of hydrogen-bond acceptors (Lipinski definition) is 4. The van der Waals surface area contributed by atoms with E-state index >= 15 is 0 Å². The minimum atomic E-state index is -0.307. The van der Waals surface area contributed by atoms with Crippen LogP contribution in [0.2, 0.25) is 0 Å². The van der Waals surface area contributed by atoms with Crippen LogP contribution in [0.5, 0.6) is 5.75 Å². The second-order valence-electron chi connectivity index (χ2n) is 6.27. The van der Waals surface area contributed by atoms with Crippen molar-refractivity contribution in [3.05, 3.63) is 71.4 Å². The topological polar surface area (TPSA) is 89.5 Å². The third kappa shape index (κ3) is 2.55. The van der Waals surface area contributed by atoms with Gasteiger partial charge in [0.2, 0.25) is 0 Å². The number of fused-ring (bicyclic) bond motifs is 1. The molecule has 1 amide bonds. The van der Waals surface area contributed by atoms with Crippen LogP contribution < -0.4 is 0 Å². The highest BCUT2D eigenvalue weighted by atomic mass is 16.3.